The summed E-state index contributed by atoms with van der Waals surface area (Å²) in [6, 6.07) is 8.88. The van der Waals surface area contributed by atoms with Crippen molar-refractivity contribution in [2.45, 2.75) is 45.1 Å². The van der Waals surface area contributed by atoms with Crippen molar-refractivity contribution >= 4 is 0 Å². The number of aryl methyl sites for hydroxylation is 2. The number of aromatic nitrogens is 2. The first kappa shape index (κ1) is 13.4. The van der Waals surface area contributed by atoms with Gasteiger partial charge in [-0.15, -0.1) is 0 Å². The third-order valence-corrected chi connectivity index (χ3v) is 4.12. The molecule has 0 amide bonds. The van der Waals surface area contributed by atoms with E-state index in [-0.39, 0.29) is 0 Å². The molecular weight excluding hydrogens is 246 g/mol. The standard InChI is InChI=1S/C17H23N3/c1-13-15(12-19-20-13)6-4-10-18-11-16-5-2-3-7-17(16)14-8-9-14/h2-3,5,7,12,14,18H,4,6,8-11H2,1H3,(H,19,20). The first-order valence-electron chi connectivity index (χ1n) is 7.62. The van der Waals surface area contributed by atoms with Crippen LogP contribution in [0, 0.1) is 6.92 Å². The Balaban J connectivity index is 1.43. The van der Waals surface area contributed by atoms with E-state index in [1.807, 2.05) is 6.20 Å². The molecule has 0 aliphatic heterocycles. The largest absolute Gasteiger partial charge is 0.313 e. The van der Waals surface area contributed by atoms with Crippen LogP contribution in [0.2, 0.25) is 0 Å². The topological polar surface area (TPSA) is 40.7 Å². The summed E-state index contributed by atoms with van der Waals surface area (Å²) in [6.45, 7) is 4.14. The van der Waals surface area contributed by atoms with E-state index < -0.39 is 0 Å². The first-order valence-corrected chi connectivity index (χ1v) is 7.62. The predicted molar refractivity (Wildman–Crippen MR) is 81.8 cm³/mol. The molecule has 20 heavy (non-hydrogen) atoms. The molecular formula is C17H23N3. The van der Waals surface area contributed by atoms with Crippen molar-refractivity contribution < 1.29 is 0 Å². The number of hydrogen-bond acceptors (Lipinski definition) is 2. The first-order chi connectivity index (χ1) is 9.84. The fourth-order valence-electron chi connectivity index (χ4n) is 2.74. The van der Waals surface area contributed by atoms with E-state index in [1.165, 1.54) is 29.7 Å². The highest BCUT2D eigenvalue weighted by Gasteiger charge is 2.25. The van der Waals surface area contributed by atoms with Gasteiger partial charge in [0.25, 0.3) is 0 Å². The van der Waals surface area contributed by atoms with Crippen molar-refractivity contribution in [3.8, 4) is 0 Å². The third kappa shape index (κ3) is 3.28. The van der Waals surface area contributed by atoms with E-state index >= 15 is 0 Å². The summed E-state index contributed by atoms with van der Waals surface area (Å²) >= 11 is 0. The van der Waals surface area contributed by atoms with Crippen LogP contribution in [-0.2, 0) is 13.0 Å². The Kier molecular flexibility index (Phi) is 4.16. The maximum Gasteiger partial charge on any atom is 0.0522 e. The zero-order valence-electron chi connectivity index (χ0n) is 12.2. The zero-order chi connectivity index (χ0) is 13.8. The van der Waals surface area contributed by atoms with Crippen molar-refractivity contribution in [2.75, 3.05) is 6.54 Å². The molecule has 1 fully saturated rings. The lowest BCUT2D eigenvalue weighted by molar-refractivity contribution is 0.645. The number of benzene rings is 1. The molecule has 1 aromatic carbocycles. The minimum absolute atomic E-state index is 0.835. The normalized spacial score (nSPS) is 14.7. The predicted octanol–water partition coefficient (Wildman–Crippen LogP) is 3.32. The Bertz CT molecular complexity index is 555. The van der Waals surface area contributed by atoms with Gasteiger partial charge in [-0.05, 0) is 61.8 Å². The Hall–Kier alpha value is -1.61. The van der Waals surface area contributed by atoms with Gasteiger partial charge in [-0.2, -0.15) is 5.10 Å². The van der Waals surface area contributed by atoms with Gasteiger partial charge < -0.3 is 5.32 Å². The minimum atomic E-state index is 0.835. The van der Waals surface area contributed by atoms with Crippen LogP contribution < -0.4 is 5.32 Å². The second kappa shape index (κ2) is 6.23. The summed E-state index contributed by atoms with van der Waals surface area (Å²) in [5.74, 6) is 0.835. The Morgan fingerprint density at radius 3 is 2.85 bits per heavy atom. The Morgan fingerprint density at radius 2 is 2.10 bits per heavy atom. The molecule has 1 aliphatic rings. The highest BCUT2D eigenvalue weighted by atomic mass is 15.1. The van der Waals surface area contributed by atoms with E-state index in [9.17, 15) is 0 Å². The van der Waals surface area contributed by atoms with Crippen LogP contribution in [0.5, 0.6) is 0 Å². The quantitative estimate of drug-likeness (QED) is 0.757. The molecule has 0 atom stereocenters. The average molecular weight is 269 g/mol. The Labute approximate surface area is 120 Å². The van der Waals surface area contributed by atoms with Crippen LogP contribution in [0.15, 0.2) is 30.5 Å². The lowest BCUT2D eigenvalue weighted by Gasteiger charge is -2.09. The summed E-state index contributed by atoms with van der Waals surface area (Å²) in [5, 5.41) is 10.6. The molecule has 0 bridgehead atoms. The highest BCUT2D eigenvalue weighted by Crippen LogP contribution is 2.41. The van der Waals surface area contributed by atoms with E-state index in [1.54, 1.807) is 5.56 Å². The maximum absolute atomic E-state index is 4.06. The molecule has 2 aromatic rings. The van der Waals surface area contributed by atoms with Crippen molar-refractivity contribution in [1.82, 2.24) is 15.5 Å². The highest BCUT2D eigenvalue weighted by molar-refractivity contribution is 5.33. The maximum atomic E-state index is 4.06. The second-order valence-corrected chi connectivity index (χ2v) is 5.77. The van der Waals surface area contributed by atoms with Gasteiger partial charge in [0.05, 0.1) is 6.20 Å². The van der Waals surface area contributed by atoms with Crippen LogP contribution >= 0.6 is 0 Å². The fourth-order valence-corrected chi connectivity index (χ4v) is 2.74. The van der Waals surface area contributed by atoms with E-state index in [2.05, 4.69) is 46.7 Å². The van der Waals surface area contributed by atoms with Crippen LogP contribution in [0.1, 0.15) is 47.6 Å². The lowest BCUT2D eigenvalue weighted by atomic mass is 10.0. The summed E-state index contributed by atoms with van der Waals surface area (Å²) in [4.78, 5) is 0. The molecule has 0 saturated heterocycles. The number of nitrogens with one attached hydrogen (secondary N) is 2. The fraction of sp³-hybridized carbons (Fsp3) is 0.471. The third-order valence-electron chi connectivity index (χ3n) is 4.12. The molecule has 1 heterocycles. The molecule has 0 unspecified atom stereocenters. The van der Waals surface area contributed by atoms with Gasteiger partial charge in [0, 0.05) is 12.2 Å². The summed E-state index contributed by atoms with van der Waals surface area (Å²) in [7, 11) is 0. The number of H-pyrrole nitrogens is 1. The van der Waals surface area contributed by atoms with Gasteiger partial charge in [0.1, 0.15) is 0 Å². The summed E-state index contributed by atoms with van der Waals surface area (Å²) < 4.78 is 0. The zero-order valence-corrected chi connectivity index (χ0v) is 12.2. The van der Waals surface area contributed by atoms with Crippen LogP contribution in [0.4, 0.5) is 0 Å². The smallest absolute Gasteiger partial charge is 0.0522 e. The molecule has 1 saturated carbocycles. The van der Waals surface area contributed by atoms with Crippen LogP contribution in [0.25, 0.3) is 0 Å². The van der Waals surface area contributed by atoms with Gasteiger partial charge in [0.2, 0.25) is 0 Å². The molecule has 1 aliphatic carbocycles. The number of rotatable bonds is 7. The minimum Gasteiger partial charge on any atom is -0.313 e. The molecule has 1 aromatic heterocycles. The van der Waals surface area contributed by atoms with E-state index in [4.69, 9.17) is 0 Å². The van der Waals surface area contributed by atoms with E-state index in [0.29, 0.717) is 0 Å². The van der Waals surface area contributed by atoms with Crippen molar-refractivity contribution in [3.63, 3.8) is 0 Å². The molecule has 3 nitrogen and oxygen atoms in total. The molecule has 0 spiro atoms. The summed E-state index contributed by atoms with van der Waals surface area (Å²) in [5.41, 5.74) is 5.58. The number of hydrogen-bond donors (Lipinski definition) is 2. The van der Waals surface area contributed by atoms with Gasteiger partial charge in [-0.25, -0.2) is 0 Å². The number of aromatic amines is 1. The molecule has 2 N–H and O–H groups in total. The van der Waals surface area contributed by atoms with Gasteiger partial charge >= 0.3 is 0 Å². The Morgan fingerprint density at radius 1 is 1.25 bits per heavy atom. The van der Waals surface area contributed by atoms with Gasteiger partial charge in [-0.1, -0.05) is 24.3 Å². The van der Waals surface area contributed by atoms with Crippen LogP contribution in [0.3, 0.4) is 0 Å². The molecule has 106 valence electrons. The average Bonchev–Trinajstić information content (AvgIpc) is 3.23. The monoisotopic (exact) mass is 269 g/mol. The molecule has 0 radical (unpaired) electrons. The molecule has 3 heteroatoms. The van der Waals surface area contributed by atoms with Gasteiger partial charge in [-0.3, -0.25) is 5.10 Å². The van der Waals surface area contributed by atoms with Gasteiger partial charge in [0.15, 0.2) is 0 Å². The van der Waals surface area contributed by atoms with Crippen molar-refractivity contribution in [3.05, 3.63) is 52.8 Å². The van der Waals surface area contributed by atoms with Crippen molar-refractivity contribution in [2.24, 2.45) is 0 Å². The lowest BCUT2D eigenvalue weighted by Crippen LogP contribution is -2.16. The number of nitrogens with zero attached hydrogens (tertiary/aromatic N) is 1. The van der Waals surface area contributed by atoms with Crippen LogP contribution in [-0.4, -0.2) is 16.7 Å². The van der Waals surface area contributed by atoms with E-state index in [0.717, 1.165) is 31.8 Å². The molecule has 3 rings (SSSR count). The second-order valence-electron chi connectivity index (χ2n) is 5.77. The SMILES string of the molecule is Cc1[nH]ncc1CCCNCc1ccccc1C1CC1. The van der Waals surface area contributed by atoms with Crippen molar-refractivity contribution in [1.29, 1.82) is 0 Å². The summed E-state index contributed by atoms with van der Waals surface area (Å²) in [6.07, 6.45) is 6.94.